The molecule has 3 rings (SSSR count). The number of amides is 3. The number of carbonyl (C=O) groups is 3. The number of rotatable bonds is 8. The molecule has 0 bridgehead atoms. The van der Waals surface area contributed by atoms with Gasteiger partial charge in [-0.25, -0.2) is 4.98 Å². The smallest absolute Gasteiger partial charge is 0.246 e. The minimum atomic E-state index is -0.530. The number of nitrogens with two attached hydrogens (primary N) is 1. The molecule has 0 saturated heterocycles. The molecule has 0 aliphatic heterocycles. The quantitative estimate of drug-likeness (QED) is 0.486. The molecule has 0 radical (unpaired) electrons. The molecule has 8 heteroatoms. The maximum absolute atomic E-state index is 12.6. The monoisotopic (exact) mass is 419 g/mol. The number of primary amides is 1. The van der Waals surface area contributed by atoms with Crippen LogP contribution in [-0.4, -0.2) is 39.6 Å². The van der Waals surface area contributed by atoms with Crippen molar-refractivity contribution in [2.24, 2.45) is 5.73 Å². The number of para-hydroxylation sites is 1. The summed E-state index contributed by atoms with van der Waals surface area (Å²) < 4.78 is 0. The summed E-state index contributed by atoms with van der Waals surface area (Å²) in [5, 5.41) is 3.70. The first kappa shape index (κ1) is 21.8. The second-order valence-corrected chi connectivity index (χ2v) is 7.26. The maximum Gasteiger partial charge on any atom is 0.246 e. The Balaban J connectivity index is 1.58. The van der Waals surface area contributed by atoms with Gasteiger partial charge in [-0.05, 0) is 48.2 Å². The Morgan fingerprint density at radius 3 is 2.65 bits per heavy atom. The number of hydrogen-bond acceptors (Lipinski definition) is 4. The van der Waals surface area contributed by atoms with E-state index in [4.69, 9.17) is 5.73 Å². The number of hydrogen-bond donors (Lipinski definition) is 3. The van der Waals surface area contributed by atoms with E-state index in [1.807, 2.05) is 37.3 Å². The van der Waals surface area contributed by atoms with Gasteiger partial charge in [0.05, 0.1) is 6.04 Å². The number of benzene rings is 1. The highest BCUT2D eigenvalue weighted by atomic mass is 16.2. The zero-order valence-corrected chi connectivity index (χ0v) is 17.5. The third-order valence-electron chi connectivity index (χ3n) is 5.00. The molecule has 1 aromatic carbocycles. The summed E-state index contributed by atoms with van der Waals surface area (Å²) in [4.78, 5) is 44.2. The Labute approximate surface area is 180 Å². The first-order valence-electron chi connectivity index (χ1n) is 9.90. The minimum absolute atomic E-state index is 0.00800. The highest BCUT2D eigenvalue weighted by Crippen LogP contribution is 2.23. The van der Waals surface area contributed by atoms with Gasteiger partial charge >= 0.3 is 0 Å². The molecule has 0 spiro atoms. The summed E-state index contributed by atoms with van der Waals surface area (Å²) in [6, 6.07) is 13.3. The van der Waals surface area contributed by atoms with Crippen molar-refractivity contribution in [1.82, 2.24) is 14.9 Å². The van der Waals surface area contributed by atoms with Crippen LogP contribution < -0.4 is 11.1 Å². The van der Waals surface area contributed by atoms with Crippen molar-refractivity contribution in [3.63, 3.8) is 0 Å². The van der Waals surface area contributed by atoms with Gasteiger partial charge < -0.3 is 20.9 Å². The number of H-pyrrole nitrogens is 1. The number of carbonyl (C=O) groups excluding carboxylic acids is 3. The van der Waals surface area contributed by atoms with Gasteiger partial charge in [0.2, 0.25) is 17.7 Å². The van der Waals surface area contributed by atoms with Crippen molar-refractivity contribution < 1.29 is 14.4 Å². The first-order chi connectivity index (χ1) is 14.8. The second kappa shape index (κ2) is 9.71. The van der Waals surface area contributed by atoms with E-state index in [-0.39, 0.29) is 30.7 Å². The van der Waals surface area contributed by atoms with E-state index >= 15 is 0 Å². The zero-order chi connectivity index (χ0) is 22.4. The van der Waals surface area contributed by atoms with Gasteiger partial charge in [0.25, 0.3) is 0 Å². The van der Waals surface area contributed by atoms with Gasteiger partial charge in [0.1, 0.15) is 5.82 Å². The molecule has 3 amide bonds. The van der Waals surface area contributed by atoms with Gasteiger partial charge in [-0.3, -0.25) is 14.4 Å². The number of fused-ring (bicyclic) bond motifs is 1. The second-order valence-electron chi connectivity index (χ2n) is 7.26. The molecular formula is C23H25N5O3. The fraction of sp³-hybridized carbons (Fsp3) is 0.217. The number of likely N-dealkylation sites (N-methyl/N-ethyl adjacent to an activating group) is 1. The fourth-order valence-corrected chi connectivity index (χ4v) is 3.03. The van der Waals surface area contributed by atoms with Crippen molar-refractivity contribution >= 4 is 40.5 Å². The van der Waals surface area contributed by atoms with Crippen LogP contribution in [0.5, 0.6) is 0 Å². The summed E-state index contributed by atoms with van der Waals surface area (Å²) in [6.45, 7) is 1.97. The molecular weight excluding hydrogens is 394 g/mol. The number of nitrogens with zero attached hydrogens (tertiary/aromatic N) is 2. The molecule has 2 aromatic heterocycles. The molecule has 0 aliphatic rings. The lowest BCUT2D eigenvalue weighted by molar-refractivity contribution is -0.126. The largest absolute Gasteiger partial charge is 0.370 e. The van der Waals surface area contributed by atoms with E-state index in [0.717, 1.165) is 22.2 Å². The SMILES string of the molecule is CC(c1cc2ccccc2[nH]1)N(C)C(=O)C=Cc1ccc(NC(=O)CCC(N)=O)nc1. The Kier molecular flexibility index (Phi) is 6.81. The molecule has 3 aromatic rings. The summed E-state index contributed by atoms with van der Waals surface area (Å²) in [6.07, 6.45) is 4.70. The Bertz CT molecular complexity index is 1080. The molecule has 1 atom stereocenters. The molecule has 2 heterocycles. The molecule has 160 valence electrons. The van der Waals surface area contributed by atoms with Gasteiger partial charge in [-0.2, -0.15) is 0 Å². The van der Waals surface area contributed by atoms with Crippen LogP contribution in [0.1, 0.15) is 37.1 Å². The summed E-state index contributed by atoms with van der Waals surface area (Å²) in [5.41, 5.74) is 7.74. The number of anilines is 1. The zero-order valence-electron chi connectivity index (χ0n) is 17.5. The van der Waals surface area contributed by atoms with Crippen LogP contribution in [-0.2, 0) is 14.4 Å². The van der Waals surface area contributed by atoms with E-state index in [2.05, 4.69) is 15.3 Å². The van der Waals surface area contributed by atoms with Gasteiger partial charge in [0, 0.05) is 43.4 Å². The van der Waals surface area contributed by atoms with Gasteiger partial charge in [-0.1, -0.05) is 18.2 Å². The third-order valence-corrected chi connectivity index (χ3v) is 5.00. The number of nitrogens with one attached hydrogen (secondary N) is 2. The van der Waals surface area contributed by atoms with Crippen LogP contribution in [0.4, 0.5) is 5.82 Å². The van der Waals surface area contributed by atoms with Crippen molar-refractivity contribution in [3.05, 3.63) is 66.0 Å². The van der Waals surface area contributed by atoms with Crippen LogP contribution in [0.25, 0.3) is 17.0 Å². The van der Waals surface area contributed by atoms with E-state index < -0.39 is 5.91 Å². The molecule has 31 heavy (non-hydrogen) atoms. The van der Waals surface area contributed by atoms with Gasteiger partial charge in [0.15, 0.2) is 0 Å². The van der Waals surface area contributed by atoms with Crippen molar-refractivity contribution in [1.29, 1.82) is 0 Å². The standard InChI is InChI=1S/C23H25N5O3/c1-15(19-13-17-5-3-4-6-18(17)26-19)28(2)23(31)12-8-16-7-10-21(25-14-16)27-22(30)11-9-20(24)29/h3-8,10,12-15,26H,9,11H2,1-2H3,(H2,24,29)(H,25,27,30). The number of aromatic amines is 1. The minimum Gasteiger partial charge on any atom is -0.370 e. The van der Waals surface area contributed by atoms with Crippen molar-refractivity contribution in [3.8, 4) is 0 Å². The highest BCUT2D eigenvalue weighted by Gasteiger charge is 2.17. The molecule has 1 unspecified atom stereocenters. The van der Waals surface area contributed by atoms with E-state index in [0.29, 0.717) is 5.82 Å². The Morgan fingerprint density at radius 1 is 1.19 bits per heavy atom. The third kappa shape index (κ3) is 5.79. The lowest BCUT2D eigenvalue weighted by Gasteiger charge is -2.22. The maximum atomic E-state index is 12.6. The number of aromatic nitrogens is 2. The molecule has 0 fully saturated rings. The Hall–Kier alpha value is -3.94. The number of pyridine rings is 1. The van der Waals surface area contributed by atoms with E-state index in [9.17, 15) is 14.4 Å². The van der Waals surface area contributed by atoms with Crippen molar-refractivity contribution in [2.75, 3.05) is 12.4 Å². The molecule has 0 saturated carbocycles. The molecule has 4 N–H and O–H groups in total. The molecule has 8 nitrogen and oxygen atoms in total. The van der Waals surface area contributed by atoms with Crippen LogP contribution in [0.15, 0.2) is 54.7 Å². The van der Waals surface area contributed by atoms with Crippen LogP contribution >= 0.6 is 0 Å². The van der Waals surface area contributed by atoms with Crippen molar-refractivity contribution in [2.45, 2.75) is 25.8 Å². The van der Waals surface area contributed by atoms with Crippen LogP contribution in [0, 0.1) is 0 Å². The average molecular weight is 419 g/mol. The van der Waals surface area contributed by atoms with Gasteiger partial charge in [-0.15, -0.1) is 0 Å². The average Bonchev–Trinajstić information content (AvgIpc) is 3.20. The predicted octanol–water partition coefficient (Wildman–Crippen LogP) is 3.00. The summed E-state index contributed by atoms with van der Waals surface area (Å²) in [5.74, 6) is -0.646. The van der Waals surface area contributed by atoms with Crippen LogP contribution in [0.2, 0.25) is 0 Å². The van der Waals surface area contributed by atoms with E-state index in [1.165, 1.54) is 6.08 Å². The predicted molar refractivity (Wildman–Crippen MR) is 120 cm³/mol. The summed E-state index contributed by atoms with van der Waals surface area (Å²) >= 11 is 0. The van der Waals surface area contributed by atoms with E-state index in [1.54, 1.807) is 36.4 Å². The van der Waals surface area contributed by atoms with Crippen LogP contribution in [0.3, 0.4) is 0 Å². The first-order valence-corrected chi connectivity index (χ1v) is 9.90. The topological polar surface area (TPSA) is 121 Å². The summed E-state index contributed by atoms with van der Waals surface area (Å²) in [7, 11) is 1.76. The molecule has 0 aliphatic carbocycles. The normalized spacial score (nSPS) is 12.1. The lowest BCUT2D eigenvalue weighted by atomic mass is 10.2. The highest BCUT2D eigenvalue weighted by molar-refractivity contribution is 5.93. The fourth-order valence-electron chi connectivity index (χ4n) is 3.03. The lowest BCUT2D eigenvalue weighted by Crippen LogP contribution is -2.28. The Morgan fingerprint density at radius 2 is 1.97 bits per heavy atom.